The highest BCUT2D eigenvalue weighted by atomic mass is 35.5. The summed E-state index contributed by atoms with van der Waals surface area (Å²) >= 11 is 7.13. The summed E-state index contributed by atoms with van der Waals surface area (Å²) < 4.78 is 0. The number of hydrogen-bond donors (Lipinski definition) is 1. The average molecular weight is 363 g/mol. The molecule has 1 fully saturated rings. The SMILES string of the molecule is Cl.NC1CCCN(C(=O)CSCC(=O)c2ccc(Cl)cc2)C1. The predicted molar refractivity (Wildman–Crippen MR) is 94.1 cm³/mol. The first-order valence-electron chi connectivity index (χ1n) is 6.96. The van der Waals surface area contributed by atoms with Gasteiger partial charge in [-0.1, -0.05) is 11.6 Å². The van der Waals surface area contributed by atoms with Gasteiger partial charge in [-0.3, -0.25) is 9.59 Å². The molecular weight excluding hydrogens is 343 g/mol. The third-order valence-corrected chi connectivity index (χ3v) is 4.60. The maximum atomic E-state index is 12.0. The Balaban J connectivity index is 0.00000242. The number of carbonyl (C=O) groups excluding carboxylic acids is 2. The van der Waals surface area contributed by atoms with E-state index in [0.717, 1.165) is 19.4 Å². The van der Waals surface area contributed by atoms with Gasteiger partial charge in [0.25, 0.3) is 0 Å². The highest BCUT2D eigenvalue weighted by molar-refractivity contribution is 8.00. The van der Waals surface area contributed by atoms with E-state index < -0.39 is 0 Å². The minimum absolute atomic E-state index is 0. The van der Waals surface area contributed by atoms with Crippen molar-refractivity contribution in [1.29, 1.82) is 0 Å². The molecule has 1 aliphatic heterocycles. The summed E-state index contributed by atoms with van der Waals surface area (Å²) in [6, 6.07) is 6.88. The summed E-state index contributed by atoms with van der Waals surface area (Å²) in [4.78, 5) is 25.8. The number of likely N-dealkylation sites (tertiary alicyclic amines) is 1. The van der Waals surface area contributed by atoms with Gasteiger partial charge in [0.1, 0.15) is 0 Å². The number of hydrogen-bond acceptors (Lipinski definition) is 4. The molecule has 2 rings (SSSR count). The van der Waals surface area contributed by atoms with Crippen LogP contribution in [0.3, 0.4) is 0 Å². The van der Waals surface area contributed by atoms with Gasteiger partial charge in [0.05, 0.1) is 11.5 Å². The lowest BCUT2D eigenvalue weighted by Gasteiger charge is -2.30. The largest absolute Gasteiger partial charge is 0.340 e. The van der Waals surface area contributed by atoms with Crippen molar-refractivity contribution in [2.45, 2.75) is 18.9 Å². The Kier molecular flexibility index (Phi) is 8.25. The summed E-state index contributed by atoms with van der Waals surface area (Å²) in [6.07, 6.45) is 1.94. The predicted octanol–water partition coefficient (Wildman–Crippen LogP) is 2.63. The summed E-state index contributed by atoms with van der Waals surface area (Å²) in [7, 11) is 0. The molecule has 1 aliphatic rings. The van der Waals surface area contributed by atoms with Gasteiger partial charge in [0, 0.05) is 29.7 Å². The fraction of sp³-hybridized carbons (Fsp3) is 0.467. The van der Waals surface area contributed by atoms with Crippen LogP contribution < -0.4 is 5.73 Å². The van der Waals surface area contributed by atoms with Crippen LogP contribution in [0.5, 0.6) is 0 Å². The lowest BCUT2D eigenvalue weighted by Crippen LogP contribution is -2.46. The molecule has 0 aromatic heterocycles. The van der Waals surface area contributed by atoms with E-state index in [1.807, 2.05) is 0 Å². The van der Waals surface area contributed by atoms with E-state index in [0.29, 0.717) is 28.6 Å². The topological polar surface area (TPSA) is 63.4 Å². The van der Waals surface area contributed by atoms with Gasteiger partial charge in [-0.15, -0.1) is 24.2 Å². The first kappa shape index (κ1) is 19.3. The molecule has 4 nitrogen and oxygen atoms in total. The van der Waals surface area contributed by atoms with Gasteiger partial charge in [0.15, 0.2) is 5.78 Å². The van der Waals surface area contributed by atoms with Crippen LogP contribution in [0, 0.1) is 0 Å². The van der Waals surface area contributed by atoms with Crippen LogP contribution in [-0.4, -0.2) is 47.2 Å². The Morgan fingerprint density at radius 3 is 2.59 bits per heavy atom. The second-order valence-corrected chi connectivity index (χ2v) is 6.59. The van der Waals surface area contributed by atoms with Crippen LogP contribution in [0.25, 0.3) is 0 Å². The number of ketones is 1. The Morgan fingerprint density at radius 1 is 1.27 bits per heavy atom. The smallest absolute Gasteiger partial charge is 0.232 e. The summed E-state index contributed by atoms with van der Waals surface area (Å²) in [5.74, 6) is 0.707. The molecule has 1 unspecified atom stereocenters. The molecule has 1 amide bonds. The molecule has 122 valence electrons. The number of benzene rings is 1. The maximum Gasteiger partial charge on any atom is 0.232 e. The van der Waals surface area contributed by atoms with Crippen LogP contribution in [0.4, 0.5) is 0 Å². The quantitative estimate of drug-likeness (QED) is 0.817. The maximum absolute atomic E-state index is 12.0. The number of rotatable bonds is 5. The van der Waals surface area contributed by atoms with Crippen molar-refractivity contribution in [3.63, 3.8) is 0 Å². The molecule has 1 aromatic carbocycles. The summed E-state index contributed by atoms with van der Waals surface area (Å²) in [5, 5.41) is 0.607. The van der Waals surface area contributed by atoms with E-state index in [4.69, 9.17) is 17.3 Å². The number of carbonyl (C=O) groups is 2. The molecule has 0 spiro atoms. The van der Waals surface area contributed by atoms with Crippen molar-refractivity contribution in [2.24, 2.45) is 5.73 Å². The number of Topliss-reactive ketones (excluding diaryl/α,β-unsaturated/α-hetero) is 1. The Labute approximate surface area is 146 Å². The minimum atomic E-state index is 0. The molecule has 2 N–H and O–H groups in total. The number of halogens is 2. The Morgan fingerprint density at radius 2 is 1.95 bits per heavy atom. The fourth-order valence-corrected chi connectivity index (χ4v) is 3.22. The van der Waals surface area contributed by atoms with Crippen molar-refractivity contribution in [2.75, 3.05) is 24.6 Å². The fourth-order valence-electron chi connectivity index (χ4n) is 2.28. The lowest BCUT2D eigenvalue weighted by atomic mass is 10.1. The van der Waals surface area contributed by atoms with E-state index in [9.17, 15) is 9.59 Å². The standard InChI is InChI=1S/C15H19ClN2O2S.ClH/c16-12-5-3-11(4-6-12)14(19)9-21-10-15(20)18-7-1-2-13(17)8-18;/h3-6,13H,1-2,7-10,17H2;1H. The molecule has 1 heterocycles. The monoisotopic (exact) mass is 362 g/mol. The molecule has 1 aromatic rings. The van der Waals surface area contributed by atoms with Gasteiger partial charge >= 0.3 is 0 Å². The summed E-state index contributed by atoms with van der Waals surface area (Å²) in [6.45, 7) is 1.41. The van der Waals surface area contributed by atoms with Crippen molar-refractivity contribution >= 4 is 47.5 Å². The van der Waals surface area contributed by atoms with Gasteiger partial charge in [0.2, 0.25) is 5.91 Å². The van der Waals surface area contributed by atoms with Crippen molar-refractivity contribution < 1.29 is 9.59 Å². The third kappa shape index (κ3) is 5.80. The number of nitrogens with two attached hydrogens (primary N) is 1. The highest BCUT2D eigenvalue weighted by Crippen LogP contribution is 2.14. The number of nitrogens with zero attached hydrogens (tertiary/aromatic N) is 1. The van der Waals surface area contributed by atoms with Crippen molar-refractivity contribution in [3.8, 4) is 0 Å². The summed E-state index contributed by atoms with van der Waals surface area (Å²) in [5.41, 5.74) is 6.49. The molecule has 0 radical (unpaired) electrons. The van der Waals surface area contributed by atoms with Gasteiger partial charge in [-0.25, -0.2) is 0 Å². The van der Waals surface area contributed by atoms with E-state index in [1.165, 1.54) is 11.8 Å². The van der Waals surface area contributed by atoms with E-state index in [1.54, 1.807) is 29.2 Å². The number of thioether (sulfide) groups is 1. The molecule has 22 heavy (non-hydrogen) atoms. The van der Waals surface area contributed by atoms with E-state index in [-0.39, 0.29) is 30.1 Å². The number of piperidine rings is 1. The molecular formula is C15H20Cl2N2O2S. The second kappa shape index (κ2) is 9.40. The van der Waals surface area contributed by atoms with Crippen LogP contribution in [0.2, 0.25) is 5.02 Å². The van der Waals surface area contributed by atoms with Crippen LogP contribution in [-0.2, 0) is 4.79 Å². The third-order valence-electron chi connectivity index (χ3n) is 3.44. The Hall–Kier alpha value is -0.750. The lowest BCUT2D eigenvalue weighted by molar-refractivity contribution is -0.129. The zero-order valence-corrected chi connectivity index (χ0v) is 14.6. The van der Waals surface area contributed by atoms with Crippen LogP contribution >= 0.6 is 35.8 Å². The highest BCUT2D eigenvalue weighted by Gasteiger charge is 2.21. The minimum Gasteiger partial charge on any atom is -0.340 e. The van der Waals surface area contributed by atoms with Gasteiger partial charge < -0.3 is 10.6 Å². The van der Waals surface area contributed by atoms with E-state index >= 15 is 0 Å². The molecule has 1 atom stereocenters. The van der Waals surface area contributed by atoms with Crippen LogP contribution in [0.1, 0.15) is 23.2 Å². The molecule has 1 saturated heterocycles. The average Bonchev–Trinajstić information content (AvgIpc) is 2.47. The van der Waals surface area contributed by atoms with Gasteiger partial charge in [-0.05, 0) is 37.1 Å². The molecule has 0 bridgehead atoms. The zero-order chi connectivity index (χ0) is 15.2. The zero-order valence-electron chi connectivity index (χ0n) is 12.2. The number of amides is 1. The Bertz CT molecular complexity index is 511. The van der Waals surface area contributed by atoms with Gasteiger partial charge in [-0.2, -0.15) is 0 Å². The first-order chi connectivity index (χ1) is 10.1. The van der Waals surface area contributed by atoms with Crippen molar-refractivity contribution in [3.05, 3.63) is 34.9 Å². The molecule has 7 heteroatoms. The molecule has 0 aliphatic carbocycles. The van der Waals surface area contributed by atoms with Crippen molar-refractivity contribution in [1.82, 2.24) is 4.90 Å². The normalized spacial score (nSPS) is 17.7. The second-order valence-electron chi connectivity index (χ2n) is 5.16. The first-order valence-corrected chi connectivity index (χ1v) is 8.49. The van der Waals surface area contributed by atoms with E-state index in [2.05, 4.69) is 0 Å². The molecule has 0 saturated carbocycles. The van der Waals surface area contributed by atoms with Crippen LogP contribution in [0.15, 0.2) is 24.3 Å².